The molecule has 0 aliphatic carbocycles. The fraction of sp³-hybridized carbons (Fsp3) is 0.529. The van der Waals surface area contributed by atoms with Gasteiger partial charge < -0.3 is 9.84 Å². The molecule has 0 saturated carbocycles. The Hall–Kier alpha value is -1.68. The van der Waals surface area contributed by atoms with Crippen LogP contribution in [0.1, 0.15) is 44.7 Å². The van der Waals surface area contributed by atoms with Gasteiger partial charge >= 0.3 is 5.97 Å². The van der Waals surface area contributed by atoms with E-state index in [9.17, 15) is 14.7 Å². The fourth-order valence-electron chi connectivity index (χ4n) is 2.86. The molecule has 2 unspecified atom stereocenters. The summed E-state index contributed by atoms with van der Waals surface area (Å²) in [5.41, 5.74) is 0.506. The summed E-state index contributed by atoms with van der Waals surface area (Å²) in [5, 5.41) is 9.64. The first kappa shape index (κ1) is 15.7. The minimum atomic E-state index is -1.66. The molecule has 4 nitrogen and oxygen atoms in total. The van der Waals surface area contributed by atoms with Crippen LogP contribution in [0.2, 0.25) is 0 Å². The van der Waals surface area contributed by atoms with Crippen LogP contribution in [0.4, 0.5) is 0 Å². The predicted octanol–water partition coefficient (Wildman–Crippen LogP) is 2.37. The van der Waals surface area contributed by atoms with Crippen molar-refractivity contribution in [1.82, 2.24) is 0 Å². The van der Waals surface area contributed by atoms with Crippen molar-refractivity contribution in [2.75, 3.05) is 0 Å². The molecule has 1 aliphatic rings. The molecule has 21 heavy (non-hydrogen) atoms. The molecule has 0 bridgehead atoms. The Bertz CT molecular complexity index is 532. The van der Waals surface area contributed by atoms with E-state index in [1.54, 1.807) is 0 Å². The van der Waals surface area contributed by atoms with Crippen molar-refractivity contribution in [2.45, 2.75) is 51.7 Å². The molecule has 1 aliphatic heterocycles. The lowest BCUT2D eigenvalue weighted by Gasteiger charge is -2.26. The molecule has 2 rings (SSSR count). The van der Waals surface area contributed by atoms with Crippen LogP contribution in [-0.4, -0.2) is 23.0 Å². The van der Waals surface area contributed by atoms with E-state index in [-0.39, 0.29) is 0 Å². The largest absolute Gasteiger partial charge is 0.444 e. The molecule has 0 radical (unpaired) electrons. The van der Waals surface area contributed by atoms with E-state index in [1.165, 1.54) is 5.56 Å². The molecule has 2 atom stereocenters. The number of aliphatic hydroxyl groups excluding tert-OH is 1. The Morgan fingerprint density at radius 2 is 1.86 bits per heavy atom. The van der Waals surface area contributed by atoms with Crippen LogP contribution < -0.4 is 0 Å². The summed E-state index contributed by atoms with van der Waals surface area (Å²) in [5.74, 6) is -0.848. The normalized spacial score (nSPS) is 25.5. The molecule has 1 aromatic carbocycles. The van der Waals surface area contributed by atoms with Gasteiger partial charge in [0.25, 0.3) is 0 Å². The van der Waals surface area contributed by atoms with Gasteiger partial charge in [-0.15, -0.1) is 0 Å². The summed E-state index contributed by atoms with van der Waals surface area (Å²) in [4.78, 5) is 23.9. The monoisotopic (exact) mass is 290 g/mol. The molecule has 1 heterocycles. The molecular formula is C17H22O4. The molecule has 0 amide bonds. The van der Waals surface area contributed by atoms with Gasteiger partial charge in [-0.2, -0.15) is 0 Å². The summed E-state index contributed by atoms with van der Waals surface area (Å²) >= 11 is 0. The highest BCUT2D eigenvalue weighted by atomic mass is 16.6. The lowest BCUT2D eigenvalue weighted by molar-refractivity contribution is -0.155. The lowest BCUT2D eigenvalue weighted by Crippen LogP contribution is -2.36. The zero-order chi connectivity index (χ0) is 15.6. The van der Waals surface area contributed by atoms with E-state index >= 15 is 0 Å². The average Bonchev–Trinajstić information content (AvgIpc) is 2.65. The third kappa shape index (κ3) is 2.86. The summed E-state index contributed by atoms with van der Waals surface area (Å²) in [7, 11) is 0. The molecule has 114 valence electrons. The first-order valence-corrected chi connectivity index (χ1v) is 7.45. The van der Waals surface area contributed by atoms with Crippen LogP contribution in [0, 0.1) is 5.92 Å². The zero-order valence-corrected chi connectivity index (χ0v) is 12.8. The smallest absolute Gasteiger partial charge is 0.344 e. The number of ether oxygens (including phenoxy) is 1. The molecule has 1 N–H and O–H groups in total. The Morgan fingerprint density at radius 1 is 1.24 bits per heavy atom. The maximum atomic E-state index is 12.3. The van der Waals surface area contributed by atoms with Gasteiger partial charge in [0.15, 0.2) is 5.60 Å². The summed E-state index contributed by atoms with van der Waals surface area (Å²) in [6, 6.07) is 7.57. The van der Waals surface area contributed by atoms with Gasteiger partial charge in [-0.3, -0.25) is 4.79 Å². The highest BCUT2D eigenvalue weighted by Gasteiger charge is 2.55. The van der Waals surface area contributed by atoms with Crippen molar-refractivity contribution in [1.29, 1.82) is 0 Å². The first-order chi connectivity index (χ1) is 9.90. The van der Waals surface area contributed by atoms with Gasteiger partial charge in [0, 0.05) is 5.56 Å². The summed E-state index contributed by atoms with van der Waals surface area (Å²) in [6.45, 7) is 6.21. The van der Waals surface area contributed by atoms with E-state index in [0.29, 0.717) is 24.3 Å². The quantitative estimate of drug-likeness (QED) is 0.668. The standard InChI is InChI=1S/C17H22O4/c1-4-9-17(15(19)14(18)16(20)21-17)13-7-5-12(6-8-13)10-11(2)3/h5-8,11,14,18H,4,9-10H2,1-3H3. The number of benzene rings is 1. The molecule has 1 fully saturated rings. The van der Waals surface area contributed by atoms with Crippen LogP contribution in [0.3, 0.4) is 0 Å². The van der Waals surface area contributed by atoms with Crippen molar-refractivity contribution in [3.05, 3.63) is 35.4 Å². The Labute approximate surface area is 125 Å². The number of hydrogen-bond donors (Lipinski definition) is 1. The average molecular weight is 290 g/mol. The third-order valence-corrected chi connectivity index (χ3v) is 3.81. The number of carbonyl (C=O) groups is 2. The first-order valence-electron chi connectivity index (χ1n) is 7.45. The van der Waals surface area contributed by atoms with Gasteiger partial charge in [-0.05, 0) is 24.3 Å². The highest BCUT2D eigenvalue weighted by molar-refractivity contribution is 6.11. The summed E-state index contributed by atoms with van der Waals surface area (Å²) < 4.78 is 5.28. The van der Waals surface area contributed by atoms with Crippen molar-refractivity contribution in [3.63, 3.8) is 0 Å². The van der Waals surface area contributed by atoms with E-state index in [0.717, 1.165) is 6.42 Å². The molecule has 1 aromatic rings. The lowest BCUT2D eigenvalue weighted by atomic mass is 9.84. The maximum Gasteiger partial charge on any atom is 0.344 e. The van der Waals surface area contributed by atoms with Crippen LogP contribution in [-0.2, 0) is 26.3 Å². The van der Waals surface area contributed by atoms with Gasteiger partial charge in [0.2, 0.25) is 11.9 Å². The minimum absolute atomic E-state index is 0.387. The molecular weight excluding hydrogens is 268 g/mol. The molecule has 4 heteroatoms. The van der Waals surface area contributed by atoms with Crippen molar-refractivity contribution >= 4 is 11.8 Å². The zero-order valence-electron chi connectivity index (χ0n) is 12.8. The number of Topliss-reactive ketones (excluding diaryl/α,β-unsaturated/α-hetero) is 1. The maximum absolute atomic E-state index is 12.3. The SMILES string of the molecule is CCCC1(c2ccc(CC(C)C)cc2)OC(=O)C(O)C1=O. The second kappa shape index (κ2) is 5.98. The number of carbonyl (C=O) groups excluding carboxylic acids is 2. The fourth-order valence-corrected chi connectivity index (χ4v) is 2.86. The number of cyclic esters (lactones) is 1. The van der Waals surface area contributed by atoms with Gasteiger partial charge in [0.1, 0.15) is 0 Å². The van der Waals surface area contributed by atoms with E-state index in [4.69, 9.17) is 4.74 Å². The second-order valence-corrected chi connectivity index (χ2v) is 6.06. The van der Waals surface area contributed by atoms with Gasteiger partial charge in [0.05, 0.1) is 0 Å². The van der Waals surface area contributed by atoms with Crippen molar-refractivity contribution < 1.29 is 19.4 Å². The topological polar surface area (TPSA) is 63.6 Å². The van der Waals surface area contributed by atoms with Crippen LogP contribution >= 0.6 is 0 Å². The van der Waals surface area contributed by atoms with E-state index in [1.807, 2.05) is 31.2 Å². The predicted molar refractivity (Wildman–Crippen MR) is 78.7 cm³/mol. The van der Waals surface area contributed by atoms with Crippen LogP contribution in [0.5, 0.6) is 0 Å². The number of hydrogen-bond acceptors (Lipinski definition) is 4. The third-order valence-electron chi connectivity index (χ3n) is 3.81. The van der Waals surface area contributed by atoms with Crippen LogP contribution in [0.25, 0.3) is 0 Å². The molecule has 1 saturated heterocycles. The number of ketones is 1. The van der Waals surface area contributed by atoms with Gasteiger partial charge in [-0.25, -0.2) is 4.79 Å². The number of rotatable bonds is 5. The Morgan fingerprint density at radius 3 is 2.29 bits per heavy atom. The molecule has 0 aromatic heterocycles. The van der Waals surface area contributed by atoms with Crippen molar-refractivity contribution in [3.8, 4) is 0 Å². The highest BCUT2D eigenvalue weighted by Crippen LogP contribution is 2.38. The second-order valence-electron chi connectivity index (χ2n) is 6.06. The summed E-state index contributed by atoms with van der Waals surface area (Å²) in [6.07, 6.45) is 0.363. The van der Waals surface area contributed by atoms with E-state index in [2.05, 4.69) is 13.8 Å². The van der Waals surface area contributed by atoms with E-state index < -0.39 is 23.5 Å². The van der Waals surface area contributed by atoms with Gasteiger partial charge in [-0.1, -0.05) is 51.5 Å². The minimum Gasteiger partial charge on any atom is -0.444 e. The number of aliphatic hydroxyl groups is 1. The Balaban J connectivity index is 2.35. The van der Waals surface area contributed by atoms with Crippen molar-refractivity contribution in [2.24, 2.45) is 5.92 Å². The Kier molecular flexibility index (Phi) is 4.47. The number of esters is 1. The van der Waals surface area contributed by atoms with Crippen LogP contribution in [0.15, 0.2) is 24.3 Å². The molecule has 0 spiro atoms.